The molecule has 1 amide bonds. The summed E-state index contributed by atoms with van der Waals surface area (Å²) >= 11 is 3.23. The molecule has 1 heterocycles. The molecular formula is C17H15BrFNO. The van der Waals surface area contributed by atoms with Crippen molar-refractivity contribution in [2.45, 2.75) is 24.8 Å². The van der Waals surface area contributed by atoms with Crippen molar-refractivity contribution in [2.75, 3.05) is 0 Å². The fourth-order valence-electron chi connectivity index (χ4n) is 3.02. The molecule has 4 heteroatoms. The molecule has 0 saturated carbocycles. The maximum Gasteiger partial charge on any atom is 0.221 e. The summed E-state index contributed by atoms with van der Waals surface area (Å²) in [5.41, 5.74) is 1.61. The number of hydrogen-bond acceptors (Lipinski definition) is 1. The molecule has 0 aliphatic carbocycles. The van der Waals surface area contributed by atoms with Crippen molar-refractivity contribution < 1.29 is 9.18 Å². The van der Waals surface area contributed by atoms with Gasteiger partial charge in [0.05, 0.1) is 10.5 Å². The molecule has 2 nitrogen and oxygen atoms in total. The molecule has 0 radical (unpaired) electrons. The maximum atomic E-state index is 13.5. The summed E-state index contributed by atoms with van der Waals surface area (Å²) in [4.78, 5) is 12.0. The predicted octanol–water partition coefficient (Wildman–Crippen LogP) is 4.11. The van der Waals surface area contributed by atoms with E-state index in [1.807, 2.05) is 37.3 Å². The summed E-state index contributed by atoms with van der Waals surface area (Å²) in [6.45, 7) is 2.04. The topological polar surface area (TPSA) is 29.1 Å². The van der Waals surface area contributed by atoms with Crippen molar-refractivity contribution in [2.24, 2.45) is 0 Å². The molecule has 1 aliphatic heterocycles. The van der Waals surface area contributed by atoms with E-state index in [4.69, 9.17) is 0 Å². The molecule has 2 aromatic carbocycles. The average molecular weight is 348 g/mol. The van der Waals surface area contributed by atoms with E-state index in [1.54, 1.807) is 12.1 Å². The Labute approximate surface area is 131 Å². The van der Waals surface area contributed by atoms with Crippen LogP contribution in [0.15, 0.2) is 53.0 Å². The second kappa shape index (κ2) is 5.26. The fraction of sp³-hybridized carbons (Fsp3) is 0.235. The molecule has 3 rings (SSSR count). The van der Waals surface area contributed by atoms with Crippen molar-refractivity contribution in [1.82, 2.24) is 5.32 Å². The fourth-order valence-corrected chi connectivity index (χ4v) is 3.40. The summed E-state index contributed by atoms with van der Waals surface area (Å²) in [5.74, 6) is -0.275. The number of hydrogen-bond donors (Lipinski definition) is 1. The molecule has 21 heavy (non-hydrogen) atoms. The van der Waals surface area contributed by atoms with Gasteiger partial charge in [0.1, 0.15) is 5.82 Å². The number of nitrogens with one attached hydrogen (secondary N) is 1. The van der Waals surface area contributed by atoms with Crippen molar-refractivity contribution in [3.8, 4) is 0 Å². The minimum absolute atomic E-state index is 0.0202. The highest BCUT2D eigenvalue weighted by atomic mass is 79.9. The largest absolute Gasteiger partial charge is 0.348 e. The third-order valence-corrected chi connectivity index (χ3v) is 4.79. The number of halogens is 2. The van der Waals surface area contributed by atoms with Crippen molar-refractivity contribution in [1.29, 1.82) is 0 Å². The lowest BCUT2D eigenvalue weighted by atomic mass is 9.73. The highest BCUT2D eigenvalue weighted by Gasteiger charge is 2.45. The summed E-state index contributed by atoms with van der Waals surface area (Å²) < 4.78 is 13.9. The zero-order valence-corrected chi connectivity index (χ0v) is 13.2. The highest BCUT2D eigenvalue weighted by Crippen LogP contribution is 2.44. The smallest absolute Gasteiger partial charge is 0.221 e. The van der Waals surface area contributed by atoms with Crippen molar-refractivity contribution in [3.63, 3.8) is 0 Å². The van der Waals surface area contributed by atoms with Crippen LogP contribution in [0.25, 0.3) is 0 Å². The van der Waals surface area contributed by atoms with Gasteiger partial charge in [-0.25, -0.2) is 4.39 Å². The molecule has 1 aliphatic rings. The third kappa shape index (κ3) is 2.48. The minimum atomic E-state index is -0.394. The predicted molar refractivity (Wildman–Crippen MR) is 83.4 cm³/mol. The van der Waals surface area contributed by atoms with E-state index in [2.05, 4.69) is 21.2 Å². The lowest BCUT2D eigenvalue weighted by Gasteiger charge is -2.31. The molecule has 108 valence electrons. The first-order valence-corrected chi connectivity index (χ1v) is 7.60. The Balaban J connectivity index is 2.08. The zero-order valence-electron chi connectivity index (χ0n) is 11.6. The Kier molecular flexibility index (Phi) is 3.57. The van der Waals surface area contributed by atoms with E-state index >= 15 is 0 Å². The monoisotopic (exact) mass is 347 g/mol. The van der Waals surface area contributed by atoms with Gasteiger partial charge < -0.3 is 5.32 Å². The van der Waals surface area contributed by atoms with Crippen LogP contribution >= 0.6 is 15.9 Å². The summed E-state index contributed by atoms with van der Waals surface area (Å²) in [7, 11) is 0. The van der Waals surface area contributed by atoms with Gasteiger partial charge in [0, 0.05) is 11.8 Å². The van der Waals surface area contributed by atoms with Crippen LogP contribution in [-0.2, 0) is 10.2 Å². The molecule has 2 aromatic rings. The van der Waals surface area contributed by atoms with E-state index in [0.717, 1.165) is 11.1 Å². The van der Waals surface area contributed by atoms with Gasteiger partial charge in [0.2, 0.25) is 5.91 Å². The second-order valence-electron chi connectivity index (χ2n) is 5.63. The number of rotatable bonds is 2. The molecule has 2 atom stereocenters. The van der Waals surface area contributed by atoms with Crippen LogP contribution in [0.4, 0.5) is 4.39 Å². The molecular weight excluding hydrogens is 333 g/mol. The summed E-state index contributed by atoms with van der Waals surface area (Å²) in [6.07, 6.45) is 0.393. The number of carbonyl (C=O) groups excluding carboxylic acids is 1. The Morgan fingerprint density at radius 3 is 2.62 bits per heavy atom. The first kappa shape index (κ1) is 14.3. The van der Waals surface area contributed by atoms with Gasteiger partial charge in [-0.05, 0) is 39.2 Å². The molecule has 1 N–H and O–H groups in total. The van der Waals surface area contributed by atoms with Crippen LogP contribution in [0.3, 0.4) is 0 Å². The molecule has 1 saturated heterocycles. The van der Waals surface area contributed by atoms with Gasteiger partial charge in [0.25, 0.3) is 0 Å². The van der Waals surface area contributed by atoms with Gasteiger partial charge in [-0.1, -0.05) is 43.3 Å². The molecule has 0 bridgehead atoms. The number of amides is 1. The van der Waals surface area contributed by atoms with Gasteiger partial charge in [-0.3, -0.25) is 4.79 Å². The maximum absolute atomic E-state index is 13.5. The lowest BCUT2D eigenvalue weighted by molar-refractivity contribution is -0.119. The van der Waals surface area contributed by atoms with E-state index in [0.29, 0.717) is 10.9 Å². The van der Waals surface area contributed by atoms with Crippen LogP contribution in [-0.4, -0.2) is 5.91 Å². The SMILES string of the molecule is CC1(c2ccc(F)c(Br)c2)CC(=O)NC1c1ccccc1. The van der Waals surface area contributed by atoms with Crippen molar-refractivity contribution in [3.05, 3.63) is 69.9 Å². The molecule has 0 aromatic heterocycles. The van der Waals surface area contributed by atoms with E-state index in [1.165, 1.54) is 6.07 Å². The zero-order chi connectivity index (χ0) is 15.0. The van der Waals surface area contributed by atoms with Crippen LogP contribution in [0.1, 0.15) is 30.5 Å². The Hall–Kier alpha value is -1.68. The van der Waals surface area contributed by atoms with Crippen LogP contribution < -0.4 is 5.32 Å². The Bertz CT molecular complexity index is 688. The normalized spacial score (nSPS) is 24.9. The number of benzene rings is 2. The quantitative estimate of drug-likeness (QED) is 0.870. The molecule has 0 spiro atoms. The first-order valence-electron chi connectivity index (χ1n) is 6.80. The van der Waals surface area contributed by atoms with Gasteiger partial charge in [0.15, 0.2) is 0 Å². The standard InChI is InChI=1S/C17H15BrFNO/c1-17(12-7-8-14(19)13(18)9-12)10-15(21)20-16(17)11-5-3-2-4-6-11/h2-9,16H,10H2,1H3,(H,20,21). The summed E-state index contributed by atoms with van der Waals surface area (Å²) in [5, 5.41) is 3.05. The van der Waals surface area contributed by atoms with E-state index < -0.39 is 5.41 Å². The van der Waals surface area contributed by atoms with Crippen molar-refractivity contribution >= 4 is 21.8 Å². The third-order valence-electron chi connectivity index (χ3n) is 4.18. The van der Waals surface area contributed by atoms with E-state index in [-0.39, 0.29) is 17.8 Å². The summed E-state index contributed by atoms with van der Waals surface area (Å²) in [6, 6.07) is 14.7. The van der Waals surface area contributed by atoms with Crippen LogP contribution in [0, 0.1) is 5.82 Å². The van der Waals surface area contributed by atoms with E-state index in [9.17, 15) is 9.18 Å². The minimum Gasteiger partial charge on any atom is -0.348 e. The number of carbonyl (C=O) groups is 1. The van der Waals surface area contributed by atoms with Gasteiger partial charge in [-0.2, -0.15) is 0 Å². The second-order valence-corrected chi connectivity index (χ2v) is 6.49. The molecule has 1 fully saturated rings. The average Bonchev–Trinajstić information content (AvgIpc) is 2.79. The van der Waals surface area contributed by atoms with Crippen LogP contribution in [0.5, 0.6) is 0 Å². The lowest BCUT2D eigenvalue weighted by Crippen LogP contribution is -2.30. The van der Waals surface area contributed by atoms with Crippen LogP contribution in [0.2, 0.25) is 0 Å². The van der Waals surface area contributed by atoms with Gasteiger partial charge >= 0.3 is 0 Å². The first-order chi connectivity index (χ1) is 10.0. The Morgan fingerprint density at radius 1 is 1.24 bits per heavy atom. The highest BCUT2D eigenvalue weighted by molar-refractivity contribution is 9.10. The van der Waals surface area contributed by atoms with Gasteiger partial charge in [-0.15, -0.1) is 0 Å². The Morgan fingerprint density at radius 2 is 1.95 bits per heavy atom. The molecule has 2 unspecified atom stereocenters.